The molecule has 1 amide bonds. The van der Waals surface area contributed by atoms with E-state index in [9.17, 15) is 9.18 Å². The first-order chi connectivity index (χ1) is 9.45. The number of rotatable bonds is 7. The Kier molecular flexibility index (Phi) is 6.45. The number of nitrogens with zero attached hydrogens (tertiary/aromatic N) is 1. The van der Waals surface area contributed by atoms with Crippen LogP contribution in [0.3, 0.4) is 0 Å². The Bertz CT molecular complexity index is 449. The molecule has 4 nitrogen and oxygen atoms in total. The fourth-order valence-corrected chi connectivity index (χ4v) is 1.90. The number of carbonyl (C=O) groups excluding carboxylic acids is 1. The van der Waals surface area contributed by atoms with Crippen molar-refractivity contribution in [3.8, 4) is 0 Å². The van der Waals surface area contributed by atoms with Crippen LogP contribution in [0, 0.1) is 5.82 Å². The zero-order chi connectivity index (χ0) is 15.1. The third-order valence-corrected chi connectivity index (χ3v) is 3.00. The van der Waals surface area contributed by atoms with Crippen LogP contribution >= 0.6 is 0 Å². The molecular formula is C15H24FN3O. The molecule has 0 aliphatic heterocycles. The number of nitrogens with one attached hydrogen (secondary N) is 2. The number of hydrogen-bond donors (Lipinski definition) is 2. The number of amides is 1. The molecular weight excluding hydrogens is 257 g/mol. The Balaban J connectivity index is 2.74. The van der Waals surface area contributed by atoms with Crippen LogP contribution in [-0.4, -0.2) is 44.0 Å². The number of halogens is 1. The molecule has 0 saturated heterocycles. The molecule has 0 aliphatic rings. The van der Waals surface area contributed by atoms with Crippen LogP contribution in [0.4, 0.5) is 10.1 Å². The fourth-order valence-electron chi connectivity index (χ4n) is 1.90. The van der Waals surface area contributed by atoms with E-state index >= 15 is 0 Å². The standard InChI is InChI=1S/C15H24FN3O/c1-5-17-14-12(7-6-8-13(14)16)15(20)18-11(2)9-10-19(3)4/h6-8,11,17H,5,9-10H2,1-4H3,(H,18,20). The zero-order valence-corrected chi connectivity index (χ0v) is 12.7. The summed E-state index contributed by atoms with van der Waals surface area (Å²) in [4.78, 5) is 14.3. The lowest BCUT2D eigenvalue weighted by atomic mass is 10.1. The minimum Gasteiger partial charge on any atom is -0.382 e. The highest BCUT2D eigenvalue weighted by atomic mass is 19.1. The van der Waals surface area contributed by atoms with E-state index < -0.39 is 5.82 Å². The lowest BCUT2D eigenvalue weighted by Gasteiger charge is -2.18. The Hall–Kier alpha value is -1.62. The first kappa shape index (κ1) is 16.4. The quantitative estimate of drug-likeness (QED) is 0.806. The second-order valence-electron chi connectivity index (χ2n) is 5.16. The van der Waals surface area contributed by atoms with E-state index in [0.29, 0.717) is 12.1 Å². The summed E-state index contributed by atoms with van der Waals surface area (Å²) in [7, 11) is 3.98. The predicted octanol–water partition coefficient (Wildman–Crippen LogP) is 2.33. The highest BCUT2D eigenvalue weighted by Crippen LogP contribution is 2.19. The molecule has 0 aliphatic carbocycles. The summed E-state index contributed by atoms with van der Waals surface area (Å²) >= 11 is 0. The van der Waals surface area contributed by atoms with E-state index in [2.05, 4.69) is 15.5 Å². The molecule has 20 heavy (non-hydrogen) atoms. The molecule has 1 rings (SSSR count). The smallest absolute Gasteiger partial charge is 0.253 e. The average molecular weight is 281 g/mol. The van der Waals surface area contributed by atoms with Crippen molar-refractivity contribution >= 4 is 11.6 Å². The molecule has 2 N–H and O–H groups in total. The van der Waals surface area contributed by atoms with Gasteiger partial charge in [0.2, 0.25) is 0 Å². The van der Waals surface area contributed by atoms with Crippen LogP contribution in [0.5, 0.6) is 0 Å². The monoisotopic (exact) mass is 281 g/mol. The number of hydrogen-bond acceptors (Lipinski definition) is 3. The van der Waals surface area contributed by atoms with Crippen molar-refractivity contribution in [2.75, 3.05) is 32.5 Å². The van der Waals surface area contributed by atoms with Crippen LogP contribution in [0.15, 0.2) is 18.2 Å². The van der Waals surface area contributed by atoms with Gasteiger partial charge in [0.1, 0.15) is 5.82 Å². The second kappa shape index (κ2) is 7.85. The third kappa shape index (κ3) is 4.81. The van der Waals surface area contributed by atoms with Crippen LogP contribution in [0.1, 0.15) is 30.6 Å². The van der Waals surface area contributed by atoms with Gasteiger partial charge in [-0.25, -0.2) is 4.39 Å². The summed E-state index contributed by atoms with van der Waals surface area (Å²) in [6.45, 7) is 5.28. The first-order valence-electron chi connectivity index (χ1n) is 6.93. The van der Waals surface area contributed by atoms with Crippen molar-refractivity contribution in [3.63, 3.8) is 0 Å². The zero-order valence-electron chi connectivity index (χ0n) is 12.7. The van der Waals surface area contributed by atoms with Crippen molar-refractivity contribution in [2.45, 2.75) is 26.3 Å². The maximum atomic E-state index is 13.7. The maximum absolute atomic E-state index is 13.7. The van der Waals surface area contributed by atoms with Crippen molar-refractivity contribution < 1.29 is 9.18 Å². The van der Waals surface area contributed by atoms with Crippen LogP contribution < -0.4 is 10.6 Å². The largest absolute Gasteiger partial charge is 0.382 e. The molecule has 112 valence electrons. The summed E-state index contributed by atoms with van der Waals surface area (Å²) in [6.07, 6.45) is 0.852. The predicted molar refractivity (Wildman–Crippen MR) is 80.7 cm³/mol. The van der Waals surface area contributed by atoms with Crippen LogP contribution in [0.2, 0.25) is 0 Å². The summed E-state index contributed by atoms with van der Waals surface area (Å²) in [5.41, 5.74) is 0.621. The van der Waals surface area contributed by atoms with Gasteiger partial charge in [0, 0.05) is 12.6 Å². The van der Waals surface area contributed by atoms with Gasteiger partial charge < -0.3 is 15.5 Å². The third-order valence-electron chi connectivity index (χ3n) is 3.00. The van der Waals surface area contributed by atoms with Gasteiger partial charge in [0.25, 0.3) is 5.91 Å². The fraction of sp³-hybridized carbons (Fsp3) is 0.533. The van der Waals surface area contributed by atoms with Crippen molar-refractivity contribution in [2.24, 2.45) is 0 Å². The molecule has 0 aromatic heterocycles. The van der Waals surface area contributed by atoms with Gasteiger partial charge in [-0.15, -0.1) is 0 Å². The maximum Gasteiger partial charge on any atom is 0.253 e. The number of anilines is 1. The van der Waals surface area contributed by atoms with Crippen molar-refractivity contribution in [3.05, 3.63) is 29.6 Å². The van der Waals surface area contributed by atoms with Gasteiger partial charge >= 0.3 is 0 Å². The molecule has 1 aromatic carbocycles. The average Bonchev–Trinajstić information content (AvgIpc) is 2.38. The lowest BCUT2D eigenvalue weighted by Crippen LogP contribution is -2.35. The van der Waals surface area contributed by atoms with E-state index in [0.717, 1.165) is 13.0 Å². The van der Waals surface area contributed by atoms with Gasteiger partial charge in [-0.05, 0) is 53.0 Å². The van der Waals surface area contributed by atoms with Gasteiger partial charge in [-0.1, -0.05) is 6.07 Å². The highest BCUT2D eigenvalue weighted by molar-refractivity contribution is 5.99. The topological polar surface area (TPSA) is 44.4 Å². The summed E-state index contributed by atoms with van der Waals surface area (Å²) < 4.78 is 13.7. The molecule has 0 spiro atoms. The molecule has 1 unspecified atom stereocenters. The minimum atomic E-state index is -0.402. The Labute approximate surface area is 120 Å². The summed E-state index contributed by atoms with van der Waals surface area (Å²) in [6, 6.07) is 4.58. The molecule has 0 fully saturated rings. The second-order valence-corrected chi connectivity index (χ2v) is 5.16. The van der Waals surface area contributed by atoms with Crippen LogP contribution in [0.25, 0.3) is 0 Å². The minimum absolute atomic E-state index is 0.0441. The first-order valence-corrected chi connectivity index (χ1v) is 6.93. The Morgan fingerprint density at radius 2 is 2.10 bits per heavy atom. The van der Waals surface area contributed by atoms with Crippen LogP contribution in [-0.2, 0) is 0 Å². The molecule has 0 bridgehead atoms. The molecule has 1 atom stereocenters. The molecule has 5 heteroatoms. The van der Waals surface area contributed by atoms with E-state index in [-0.39, 0.29) is 17.6 Å². The molecule has 1 aromatic rings. The number of para-hydroxylation sites is 1. The highest BCUT2D eigenvalue weighted by Gasteiger charge is 2.16. The lowest BCUT2D eigenvalue weighted by molar-refractivity contribution is 0.0937. The van der Waals surface area contributed by atoms with Gasteiger partial charge in [0.15, 0.2) is 0 Å². The summed E-state index contributed by atoms with van der Waals surface area (Å²) in [5.74, 6) is -0.646. The van der Waals surface area contributed by atoms with Gasteiger partial charge in [-0.3, -0.25) is 4.79 Å². The van der Waals surface area contributed by atoms with E-state index in [1.807, 2.05) is 27.9 Å². The number of benzene rings is 1. The normalized spacial score (nSPS) is 12.3. The number of carbonyl (C=O) groups is 1. The molecule has 0 radical (unpaired) electrons. The molecule has 0 heterocycles. The SMILES string of the molecule is CCNc1c(F)cccc1C(=O)NC(C)CCN(C)C. The van der Waals surface area contributed by atoms with Crippen molar-refractivity contribution in [1.29, 1.82) is 0 Å². The molecule has 0 saturated carbocycles. The van der Waals surface area contributed by atoms with Gasteiger partial charge in [-0.2, -0.15) is 0 Å². The van der Waals surface area contributed by atoms with E-state index in [1.54, 1.807) is 12.1 Å². The van der Waals surface area contributed by atoms with Gasteiger partial charge in [0.05, 0.1) is 11.3 Å². The van der Waals surface area contributed by atoms with E-state index in [1.165, 1.54) is 6.07 Å². The summed E-state index contributed by atoms with van der Waals surface area (Å²) in [5, 5.41) is 5.81. The Morgan fingerprint density at radius 3 is 2.70 bits per heavy atom. The van der Waals surface area contributed by atoms with E-state index in [4.69, 9.17) is 0 Å². The Morgan fingerprint density at radius 1 is 1.40 bits per heavy atom. The van der Waals surface area contributed by atoms with Crippen molar-refractivity contribution in [1.82, 2.24) is 10.2 Å².